The first kappa shape index (κ1) is 13.0. The maximum absolute atomic E-state index is 11.9. The second-order valence-corrected chi connectivity index (χ2v) is 7.01. The first-order valence-corrected chi connectivity index (χ1v) is 7.96. The number of carbonyl (C=O) groups is 1. The molecule has 1 atom stereocenters. The van der Waals surface area contributed by atoms with Crippen LogP contribution in [0.1, 0.15) is 20.3 Å². The molecule has 0 saturated carbocycles. The first-order chi connectivity index (χ1) is 7.09. The van der Waals surface area contributed by atoms with E-state index in [2.05, 4.69) is 0 Å². The van der Waals surface area contributed by atoms with Crippen LogP contribution >= 0.6 is 18.2 Å². The molecule has 0 aromatic carbocycles. The lowest BCUT2D eigenvalue weighted by molar-refractivity contribution is -0.166. The Labute approximate surface area is 93.1 Å². The summed E-state index contributed by atoms with van der Waals surface area (Å²) in [6.07, 6.45) is 0.252. The van der Waals surface area contributed by atoms with E-state index >= 15 is 0 Å². The van der Waals surface area contributed by atoms with Gasteiger partial charge in [-0.15, -0.1) is 0 Å². The van der Waals surface area contributed by atoms with Crippen LogP contribution in [0.25, 0.3) is 0 Å². The van der Waals surface area contributed by atoms with Crippen molar-refractivity contribution in [2.24, 2.45) is 0 Å². The molecule has 1 aliphatic heterocycles. The van der Waals surface area contributed by atoms with Gasteiger partial charge < -0.3 is 13.8 Å². The van der Waals surface area contributed by atoms with Gasteiger partial charge in [-0.05, 0) is 25.2 Å². The van der Waals surface area contributed by atoms with Gasteiger partial charge in [0.05, 0.1) is 19.6 Å². The maximum atomic E-state index is 11.9. The summed E-state index contributed by atoms with van der Waals surface area (Å²) in [6, 6.07) is 0. The quantitative estimate of drug-likeness (QED) is 0.512. The van der Waals surface area contributed by atoms with Crippen molar-refractivity contribution >= 4 is 24.1 Å². The second-order valence-electron chi connectivity index (χ2n) is 2.89. The smallest absolute Gasteiger partial charge is 0.389 e. The lowest BCUT2D eigenvalue weighted by atomic mass is 10.2. The summed E-state index contributed by atoms with van der Waals surface area (Å²) in [5.74, 6) is 0.256. The number of hydrogen-bond acceptors (Lipinski definition) is 6. The van der Waals surface area contributed by atoms with Crippen molar-refractivity contribution in [1.82, 2.24) is 0 Å². The van der Waals surface area contributed by atoms with Crippen molar-refractivity contribution in [1.29, 1.82) is 0 Å². The van der Waals surface area contributed by atoms with Gasteiger partial charge in [-0.1, -0.05) is 0 Å². The molecule has 88 valence electrons. The molecule has 1 aliphatic rings. The van der Waals surface area contributed by atoms with E-state index in [1.807, 2.05) is 0 Å². The second kappa shape index (κ2) is 5.89. The highest BCUT2D eigenvalue weighted by atomic mass is 32.7. The van der Waals surface area contributed by atoms with E-state index in [0.717, 1.165) is 11.4 Å². The fraction of sp³-hybridized carbons (Fsp3) is 0.875. The van der Waals surface area contributed by atoms with E-state index in [-0.39, 0.29) is 12.1 Å². The Bertz CT molecular complexity index is 252. The minimum absolute atomic E-state index is 0.142. The zero-order valence-electron chi connectivity index (χ0n) is 8.80. The van der Waals surface area contributed by atoms with E-state index in [4.69, 9.17) is 13.8 Å². The minimum atomic E-state index is -3.05. The molecule has 1 unspecified atom stereocenters. The molecule has 7 heteroatoms. The average Bonchev–Trinajstić information content (AvgIpc) is 2.11. The lowest BCUT2D eigenvalue weighted by Crippen LogP contribution is -2.34. The molecule has 1 rings (SSSR count). The molecule has 15 heavy (non-hydrogen) atoms. The predicted octanol–water partition coefficient (Wildman–Crippen LogP) is 2.22. The summed E-state index contributed by atoms with van der Waals surface area (Å²) < 4.78 is 26.9. The highest BCUT2D eigenvalue weighted by Gasteiger charge is 2.33. The fourth-order valence-electron chi connectivity index (χ4n) is 1.06. The first-order valence-electron chi connectivity index (χ1n) is 4.82. The van der Waals surface area contributed by atoms with Crippen molar-refractivity contribution in [3.8, 4) is 0 Å². The highest BCUT2D eigenvalue weighted by Crippen LogP contribution is 2.60. The SMILES string of the molecule is CCOP(=O)(OCC)SCC1CC(=O)O1. The molecule has 0 amide bonds. The van der Waals surface area contributed by atoms with Crippen molar-refractivity contribution in [2.75, 3.05) is 19.0 Å². The van der Waals surface area contributed by atoms with Gasteiger partial charge in [0.15, 0.2) is 0 Å². The van der Waals surface area contributed by atoms with Crippen LogP contribution in [-0.4, -0.2) is 31.0 Å². The molecule has 0 aromatic heterocycles. The summed E-state index contributed by atoms with van der Waals surface area (Å²) in [5, 5.41) is 0. The molecule has 1 saturated heterocycles. The Kier molecular flexibility index (Phi) is 5.12. The van der Waals surface area contributed by atoms with Crippen molar-refractivity contribution in [3.63, 3.8) is 0 Å². The summed E-state index contributed by atoms with van der Waals surface area (Å²) >= 11 is 1.09. The molecule has 1 heterocycles. The normalized spacial score (nSPS) is 20.9. The van der Waals surface area contributed by atoms with Gasteiger partial charge in [-0.2, -0.15) is 0 Å². The Morgan fingerprint density at radius 1 is 1.47 bits per heavy atom. The molecular weight excluding hydrogens is 239 g/mol. The van der Waals surface area contributed by atoms with Crippen LogP contribution in [0.15, 0.2) is 0 Å². The minimum Gasteiger partial charge on any atom is -0.461 e. The van der Waals surface area contributed by atoms with Gasteiger partial charge in [-0.25, -0.2) is 4.57 Å². The monoisotopic (exact) mass is 254 g/mol. The van der Waals surface area contributed by atoms with Crippen LogP contribution in [0.3, 0.4) is 0 Å². The van der Waals surface area contributed by atoms with Crippen molar-refractivity contribution in [3.05, 3.63) is 0 Å². The summed E-state index contributed by atoms with van der Waals surface area (Å²) in [7, 11) is 0. The Balaban J connectivity index is 2.31. The molecule has 0 N–H and O–H groups in total. The fourth-order valence-corrected chi connectivity index (χ4v) is 4.57. The van der Waals surface area contributed by atoms with Crippen LogP contribution in [0.5, 0.6) is 0 Å². The molecule has 1 fully saturated rings. The number of hydrogen-bond donors (Lipinski definition) is 0. The number of rotatable bonds is 7. The van der Waals surface area contributed by atoms with Gasteiger partial charge in [0, 0.05) is 5.75 Å². The Morgan fingerprint density at radius 2 is 2.00 bits per heavy atom. The van der Waals surface area contributed by atoms with Crippen LogP contribution < -0.4 is 0 Å². The van der Waals surface area contributed by atoms with Gasteiger partial charge in [0.2, 0.25) is 0 Å². The van der Waals surface area contributed by atoms with Crippen LogP contribution in [-0.2, 0) is 23.1 Å². The molecule has 0 aliphatic carbocycles. The highest BCUT2D eigenvalue weighted by molar-refractivity contribution is 8.55. The molecule has 0 spiro atoms. The number of carbonyl (C=O) groups excluding carboxylic acids is 1. The molecule has 0 radical (unpaired) electrons. The van der Waals surface area contributed by atoms with Gasteiger partial charge >= 0.3 is 12.8 Å². The zero-order chi connectivity index (χ0) is 11.3. The third-order valence-corrected chi connectivity index (χ3v) is 5.70. The molecule has 0 aromatic rings. The number of ether oxygens (including phenoxy) is 1. The Morgan fingerprint density at radius 3 is 2.40 bits per heavy atom. The van der Waals surface area contributed by atoms with Crippen LogP contribution in [0.4, 0.5) is 0 Å². The van der Waals surface area contributed by atoms with Gasteiger partial charge in [0.25, 0.3) is 0 Å². The van der Waals surface area contributed by atoms with E-state index < -0.39 is 6.80 Å². The van der Waals surface area contributed by atoms with E-state index in [9.17, 15) is 9.36 Å². The van der Waals surface area contributed by atoms with Crippen molar-refractivity contribution in [2.45, 2.75) is 26.4 Å². The Hall–Kier alpha value is -0.0300. The standard InChI is InChI=1S/C8H15O5PS/c1-3-11-14(10,12-4-2)15-6-7-5-8(9)13-7/h7H,3-6H2,1-2H3. The average molecular weight is 254 g/mol. The van der Waals surface area contributed by atoms with E-state index in [1.165, 1.54) is 0 Å². The van der Waals surface area contributed by atoms with Gasteiger partial charge in [0.1, 0.15) is 6.10 Å². The largest absolute Gasteiger partial charge is 0.461 e. The number of esters is 1. The molecular formula is C8H15O5PS. The van der Waals surface area contributed by atoms with Crippen molar-refractivity contribution < 1.29 is 23.1 Å². The topological polar surface area (TPSA) is 61.8 Å². The zero-order valence-corrected chi connectivity index (χ0v) is 10.5. The van der Waals surface area contributed by atoms with Crippen LogP contribution in [0, 0.1) is 0 Å². The van der Waals surface area contributed by atoms with E-state index in [0.29, 0.717) is 25.4 Å². The number of cyclic esters (lactones) is 1. The summed E-state index contributed by atoms with van der Waals surface area (Å²) in [6.45, 7) is 1.16. The summed E-state index contributed by atoms with van der Waals surface area (Å²) in [4.78, 5) is 10.5. The third kappa shape index (κ3) is 4.15. The maximum Gasteiger partial charge on any atom is 0.389 e. The predicted molar refractivity (Wildman–Crippen MR) is 57.8 cm³/mol. The van der Waals surface area contributed by atoms with Crippen LogP contribution in [0.2, 0.25) is 0 Å². The van der Waals surface area contributed by atoms with Gasteiger partial charge in [-0.3, -0.25) is 4.79 Å². The summed E-state index contributed by atoms with van der Waals surface area (Å²) in [5.41, 5.74) is 0. The third-order valence-electron chi connectivity index (χ3n) is 1.69. The van der Waals surface area contributed by atoms with E-state index in [1.54, 1.807) is 13.8 Å². The molecule has 0 bridgehead atoms. The lowest BCUT2D eigenvalue weighted by Gasteiger charge is -2.26. The molecule has 5 nitrogen and oxygen atoms in total.